The number of rotatable bonds is 16. The summed E-state index contributed by atoms with van der Waals surface area (Å²) in [6.07, 6.45) is 7.68. The van der Waals surface area contributed by atoms with Gasteiger partial charge < -0.3 is 26.1 Å². The van der Waals surface area contributed by atoms with Gasteiger partial charge in [-0.05, 0) is 97.1 Å². The Bertz CT molecular complexity index is 2340. The van der Waals surface area contributed by atoms with Gasteiger partial charge in [0.05, 0.1) is 98.8 Å². The van der Waals surface area contributed by atoms with E-state index in [0.717, 1.165) is 0 Å². The molecule has 0 atom stereocenters. The molecule has 13 heteroatoms. The molecule has 1 heterocycles. The van der Waals surface area contributed by atoms with E-state index in [2.05, 4.69) is 260 Å². The molecule has 0 fully saturated rings. The minimum Gasteiger partial charge on any atom is -2.00 e. The molecule has 0 saturated heterocycles. The number of halogens is 4. The second-order valence-corrected chi connectivity index (χ2v) is 27.1. The molecule has 0 radical (unpaired) electrons. The fourth-order valence-electron chi connectivity index (χ4n) is 8.29. The molecule has 8 aromatic carbocycles. The third-order valence-corrected chi connectivity index (χ3v) is 23.7. The minimum absolute atomic E-state index is 0. The fourth-order valence-corrected chi connectivity index (χ4v) is 19.7. The van der Waals surface area contributed by atoms with Crippen LogP contribution in [0.3, 0.4) is 0 Å². The third kappa shape index (κ3) is 18.3. The average molecular weight is 1430 g/mol. The van der Waals surface area contributed by atoms with Crippen LogP contribution in [0.25, 0.3) is 0 Å². The van der Waals surface area contributed by atoms with Crippen molar-refractivity contribution in [1.82, 2.24) is 4.98 Å². The van der Waals surface area contributed by atoms with E-state index in [4.69, 9.17) is 0 Å². The molecule has 1 aromatic heterocycles. The molecule has 0 aliphatic heterocycles. The first kappa shape index (κ1) is 60.8. The SMILES string of the molecule is Fc1nc(F)c(F)c([S-])c1F.[Pt+2].[Pt].[S-2].c1ccc([PH+](CCC[PH+](c2ccccc2)c2ccccc2)c2ccccc2)cc1.c1ccc([PH+](CCC[PH+](c2ccccc2)c2ccccc2)c2ccccc2)cc1. The molecule has 0 spiro atoms. The van der Waals surface area contributed by atoms with Crippen molar-refractivity contribution >= 4 is 100 Å². The van der Waals surface area contributed by atoms with E-state index in [1.165, 1.54) is 79.9 Å². The molecule has 374 valence electrons. The van der Waals surface area contributed by atoms with E-state index >= 15 is 0 Å². The van der Waals surface area contributed by atoms with Gasteiger partial charge in [-0.3, -0.25) is 0 Å². The van der Waals surface area contributed by atoms with Crippen LogP contribution in [0, 0.1) is 23.5 Å². The van der Waals surface area contributed by atoms with Crippen LogP contribution in [0.2, 0.25) is 0 Å². The van der Waals surface area contributed by atoms with Gasteiger partial charge in [-0.25, -0.2) is 8.78 Å². The van der Waals surface area contributed by atoms with Crippen LogP contribution < -0.4 is 42.4 Å². The van der Waals surface area contributed by atoms with E-state index in [1.807, 2.05) is 0 Å². The second-order valence-electron chi connectivity index (χ2n) is 16.2. The largest absolute Gasteiger partial charge is 2.00 e. The Kier molecular flexibility index (Phi) is 28.1. The monoisotopic (exact) mass is 1430 g/mol. The first-order valence-corrected chi connectivity index (χ1v) is 30.3. The molecule has 72 heavy (non-hydrogen) atoms. The van der Waals surface area contributed by atoms with Crippen molar-refractivity contribution in [3.05, 3.63) is 266 Å². The molecule has 0 amide bonds. The van der Waals surface area contributed by atoms with E-state index in [1.54, 1.807) is 0 Å². The number of hydrogen-bond donors (Lipinski definition) is 0. The maximum absolute atomic E-state index is 12.2. The van der Waals surface area contributed by atoms with Gasteiger partial charge in [-0.2, -0.15) is 13.8 Å². The first-order valence-electron chi connectivity index (χ1n) is 23.1. The van der Waals surface area contributed by atoms with Crippen molar-refractivity contribution < 1.29 is 59.7 Å². The van der Waals surface area contributed by atoms with Crippen molar-refractivity contribution in [2.45, 2.75) is 17.7 Å². The standard InChI is InChI=1S/2C27H26P2.C5HF4NS.2Pt.S/c2*1-5-14-24(15-6-1)28(25-16-7-2-8-17-25)22-13-23-29(26-18-9-3-10-19-26)27-20-11-4-12-21-27;6-1-3(11)2(7)5(9)10-4(1)8;;;/h2*1-12,14-21H,13,22-23H2;(H,10,11);;;/q;;;;+2;-2/p+3. The van der Waals surface area contributed by atoms with Gasteiger partial charge in [0.25, 0.3) is 0 Å². The van der Waals surface area contributed by atoms with Gasteiger partial charge in [-0.1, -0.05) is 150 Å². The Labute approximate surface area is 469 Å². The Hall–Kier alpha value is -3.70. The Morgan fingerprint density at radius 3 is 0.611 bits per heavy atom. The normalized spacial score (nSPS) is 10.5. The van der Waals surface area contributed by atoms with E-state index in [0.29, 0.717) is 0 Å². The maximum Gasteiger partial charge on any atom is 2.00 e. The van der Waals surface area contributed by atoms with Crippen LogP contribution in [0.5, 0.6) is 0 Å². The molecule has 9 aromatic rings. The van der Waals surface area contributed by atoms with Crippen LogP contribution in [-0.2, 0) is 68.3 Å². The average Bonchev–Trinajstić information content (AvgIpc) is 3.42. The first-order chi connectivity index (χ1) is 33.9. The van der Waals surface area contributed by atoms with E-state index in [9.17, 15) is 17.6 Å². The molecular weight excluding hydrogens is 1380 g/mol. The number of benzene rings is 8. The maximum atomic E-state index is 12.2. The number of hydrogen-bond acceptors (Lipinski definition) is 2. The smallest absolute Gasteiger partial charge is 2.00 e. The minimum atomic E-state index is -1.73. The summed E-state index contributed by atoms with van der Waals surface area (Å²) in [5, 5.41) is 12.2. The molecule has 0 aliphatic rings. The molecule has 0 saturated carbocycles. The van der Waals surface area contributed by atoms with Gasteiger partial charge in [0.1, 0.15) is 0 Å². The summed E-state index contributed by atoms with van der Waals surface area (Å²) in [5.41, 5.74) is 0. The van der Waals surface area contributed by atoms with Gasteiger partial charge in [0, 0.05) is 33.9 Å². The van der Waals surface area contributed by atoms with Crippen molar-refractivity contribution in [1.29, 1.82) is 0 Å². The topological polar surface area (TPSA) is 12.9 Å². The van der Waals surface area contributed by atoms with Crippen molar-refractivity contribution in [3.8, 4) is 0 Å². The van der Waals surface area contributed by atoms with Crippen LogP contribution >= 0.6 is 31.7 Å². The predicted molar refractivity (Wildman–Crippen MR) is 308 cm³/mol. The van der Waals surface area contributed by atoms with E-state index < -0.39 is 60.1 Å². The van der Waals surface area contributed by atoms with Crippen molar-refractivity contribution in [3.63, 3.8) is 0 Å². The molecule has 0 bridgehead atoms. The van der Waals surface area contributed by atoms with Crippen LogP contribution in [0.4, 0.5) is 17.6 Å². The zero-order valence-electron chi connectivity index (χ0n) is 39.2. The van der Waals surface area contributed by atoms with Crippen molar-refractivity contribution in [2.24, 2.45) is 0 Å². The van der Waals surface area contributed by atoms with Gasteiger partial charge in [0.2, 0.25) is 11.9 Å². The molecule has 0 unspecified atom stereocenters. The summed E-state index contributed by atoms with van der Waals surface area (Å²) < 4.78 is 48.6. The molecule has 0 N–H and O–H groups in total. The fraction of sp³-hybridized carbons (Fsp3) is 0.102. The van der Waals surface area contributed by atoms with Gasteiger partial charge >= 0.3 is 21.1 Å². The van der Waals surface area contributed by atoms with Crippen LogP contribution in [0.15, 0.2) is 248 Å². The quantitative estimate of drug-likeness (QED) is 0.0414. The Morgan fingerprint density at radius 1 is 0.306 bits per heavy atom. The van der Waals surface area contributed by atoms with Crippen molar-refractivity contribution in [2.75, 3.05) is 24.6 Å². The number of pyridine rings is 1. The molecule has 9 rings (SSSR count). The molecular formula is C59H56F4NP4Pt2S2+3. The van der Waals surface area contributed by atoms with Gasteiger partial charge in [-0.15, -0.1) is 0 Å². The predicted octanol–water partition coefficient (Wildman–Crippen LogP) is 11.8. The summed E-state index contributed by atoms with van der Waals surface area (Å²) >= 11 is 4.00. The summed E-state index contributed by atoms with van der Waals surface area (Å²) in [4.78, 5) is 1.17. The summed E-state index contributed by atoms with van der Waals surface area (Å²) in [7, 11) is -2.97. The summed E-state index contributed by atoms with van der Waals surface area (Å²) in [6, 6.07) is 89.1. The zero-order valence-corrected chi connectivity index (χ0v) is 49.4. The summed E-state index contributed by atoms with van der Waals surface area (Å²) in [6.45, 7) is 0. The summed E-state index contributed by atoms with van der Waals surface area (Å²) in [5.74, 6) is -6.74. The van der Waals surface area contributed by atoms with E-state index in [-0.39, 0.29) is 55.6 Å². The zero-order chi connectivity index (χ0) is 48.0. The number of nitrogens with zero attached hydrogens (tertiary/aromatic N) is 1. The Morgan fingerprint density at radius 2 is 0.458 bits per heavy atom. The van der Waals surface area contributed by atoms with Crippen LogP contribution in [-0.4, -0.2) is 29.6 Å². The second kappa shape index (κ2) is 33.3. The third-order valence-electron chi connectivity index (χ3n) is 11.6. The number of aromatic nitrogens is 1. The molecule has 0 aliphatic carbocycles. The molecule has 1 nitrogen and oxygen atoms in total. The van der Waals surface area contributed by atoms with Gasteiger partial charge in [0.15, 0.2) is 11.6 Å². The Balaban J connectivity index is 0.000000250. The van der Waals surface area contributed by atoms with Crippen LogP contribution in [0.1, 0.15) is 12.8 Å².